The Morgan fingerprint density at radius 3 is 2.80 bits per heavy atom. The molecule has 0 bridgehead atoms. The third-order valence-electron chi connectivity index (χ3n) is 2.91. The van der Waals surface area contributed by atoms with E-state index in [1.54, 1.807) is 14.1 Å². The van der Waals surface area contributed by atoms with E-state index in [0.717, 1.165) is 5.39 Å². The SMILES string of the molecule is CN(C)C(=O)CCNc1c(C#N)nnc2ccccc12. The van der Waals surface area contributed by atoms with Gasteiger partial charge in [0.25, 0.3) is 0 Å². The molecule has 6 nitrogen and oxygen atoms in total. The van der Waals surface area contributed by atoms with Gasteiger partial charge in [-0.2, -0.15) is 5.26 Å². The van der Waals surface area contributed by atoms with Gasteiger partial charge in [-0.15, -0.1) is 10.2 Å². The summed E-state index contributed by atoms with van der Waals surface area (Å²) in [6.45, 7) is 0.446. The molecule has 1 aromatic heterocycles. The van der Waals surface area contributed by atoms with Crippen LogP contribution in [0, 0.1) is 11.3 Å². The highest BCUT2D eigenvalue weighted by Crippen LogP contribution is 2.23. The number of carbonyl (C=O) groups is 1. The van der Waals surface area contributed by atoms with Crippen LogP contribution < -0.4 is 5.32 Å². The quantitative estimate of drug-likeness (QED) is 0.907. The van der Waals surface area contributed by atoms with Crippen molar-refractivity contribution in [3.05, 3.63) is 30.0 Å². The van der Waals surface area contributed by atoms with E-state index in [9.17, 15) is 4.79 Å². The Morgan fingerprint density at radius 2 is 2.10 bits per heavy atom. The number of nitriles is 1. The molecule has 0 fully saturated rings. The minimum atomic E-state index is 0.0299. The second-order valence-corrected chi connectivity index (χ2v) is 4.52. The smallest absolute Gasteiger partial charge is 0.223 e. The Morgan fingerprint density at radius 1 is 1.35 bits per heavy atom. The first-order valence-corrected chi connectivity index (χ1v) is 6.23. The first kappa shape index (κ1) is 13.7. The van der Waals surface area contributed by atoms with Crippen molar-refractivity contribution in [2.24, 2.45) is 0 Å². The van der Waals surface area contributed by atoms with Gasteiger partial charge in [0.05, 0.1) is 11.2 Å². The summed E-state index contributed by atoms with van der Waals surface area (Å²) < 4.78 is 0. The van der Waals surface area contributed by atoms with Crippen LogP contribution in [-0.2, 0) is 4.79 Å². The first-order chi connectivity index (χ1) is 9.63. The summed E-state index contributed by atoms with van der Waals surface area (Å²) in [6, 6.07) is 9.47. The number of amides is 1. The van der Waals surface area contributed by atoms with Crippen molar-refractivity contribution in [3.8, 4) is 6.07 Å². The van der Waals surface area contributed by atoms with Gasteiger partial charge < -0.3 is 10.2 Å². The maximum Gasteiger partial charge on any atom is 0.223 e. The Balaban J connectivity index is 2.24. The van der Waals surface area contributed by atoms with Gasteiger partial charge in [-0.25, -0.2) is 0 Å². The number of fused-ring (bicyclic) bond motifs is 1. The van der Waals surface area contributed by atoms with Crippen molar-refractivity contribution in [3.63, 3.8) is 0 Å². The minimum absolute atomic E-state index is 0.0299. The van der Waals surface area contributed by atoms with E-state index >= 15 is 0 Å². The molecule has 1 heterocycles. The largest absolute Gasteiger partial charge is 0.382 e. The molecule has 1 amide bonds. The molecule has 0 radical (unpaired) electrons. The summed E-state index contributed by atoms with van der Waals surface area (Å²) in [6.07, 6.45) is 0.356. The Kier molecular flexibility index (Phi) is 4.11. The molecule has 1 N–H and O–H groups in total. The van der Waals surface area contributed by atoms with Crippen LogP contribution in [0.4, 0.5) is 5.69 Å². The molecule has 0 aliphatic rings. The van der Waals surface area contributed by atoms with Crippen LogP contribution in [0.1, 0.15) is 12.1 Å². The molecular weight excluding hydrogens is 254 g/mol. The lowest BCUT2D eigenvalue weighted by molar-refractivity contribution is -0.128. The van der Waals surface area contributed by atoms with Gasteiger partial charge in [-0.1, -0.05) is 18.2 Å². The van der Waals surface area contributed by atoms with Crippen molar-refractivity contribution < 1.29 is 4.79 Å². The fraction of sp³-hybridized carbons (Fsp3) is 0.286. The summed E-state index contributed by atoms with van der Waals surface area (Å²) in [7, 11) is 3.43. The van der Waals surface area contributed by atoms with E-state index in [2.05, 4.69) is 15.5 Å². The molecule has 0 spiro atoms. The summed E-state index contributed by atoms with van der Waals surface area (Å²) in [5.74, 6) is 0.0299. The van der Waals surface area contributed by atoms with Crippen molar-refractivity contribution in [1.29, 1.82) is 5.26 Å². The number of aromatic nitrogens is 2. The number of hydrogen-bond acceptors (Lipinski definition) is 5. The molecule has 0 atom stereocenters. The zero-order chi connectivity index (χ0) is 14.5. The molecule has 0 aliphatic heterocycles. The van der Waals surface area contributed by atoms with Crippen LogP contribution in [-0.4, -0.2) is 41.6 Å². The topological polar surface area (TPSA) is 81.9 Å². The third-order valence-corrected chi connectivity index (χ3v) is 2.91. The normalized spacial score (nSPS) is 10.1. The lowest BCUT2D eigenvalue weighted by atomic mass is 10.1. The number of nitrogens with one attached hydrogen (secondary N) is 1. The Labute approximate surface area is 117 Å². The van der Waals surface area contributed by atoms with Crippen LogP contribution in [0.15, 0.2) is 24.3 Å². The fourth-order valence-corrected chi connectivity index (χ4v) is 1.83. The molecule has 0 saturated heterocycles. The predicted molar refractivity (Wildman–Crippen MR) is 76.1 cm³/mol. The van der Waals surface area contributed by atoms with Crippen LogP contribution in [0.3, 0.4) is 0 Å². The van der Waals surface area contributed by atoms with Crippen LogP contribution >= 0.6 is 0 Å². The molecule has 0 saturated carbocycles. The number of carbonyl (C=O) groups excluding carboxylic acids is 1. The molecule has 102 valence electrons. The van der Waals surface area contributed by atoms with Gasteiger partial charge in [0, 0.05) is 32.4 Å². The van der Waals surface area contributed by atoms with Crippen molar-refractivity contribution in [2.45, 2.75) is 6.42 Å². The zero-order valence-electron chi connectivity index (χ0n) is 11.4. The lowest BCUT2D eigenvalue weighted by Crippen LogP contribution is -2.24. The molecule has 2 rings (SSSR count). The van der Waals surface area contributed by atoms with Crippen LogP contribution in [0.5, 0.6) is 0 Å². The number of hydrogen-bond donors (Lipinski definition) is 1. The van der Waals surface area contributed by atoms with Crippen molar-refractivity contribution in [1.82, 2.24) is 15.1 Å². The minimum Gasteiger partial charge on any atom is -0.382 e. The molecule has 6 heteroatoms. The van der Waals surface area contributed by atoms with E-state index in [1.165, 1.54) is 4.90 Å². The molecule has 2 aromatic rings. The first-order valence-electron chi connectivity index (χ1n) is 6.23. The summed E-state index contributed by atoms with van der Waals surface area (Å²) in [4.78, 5) is 13.1. The van der Waals surface area contributed by atoms with Gasteiger partial charge in [0.2, 0.25) is 5.91 Å². The van der Waals surface area contributed by atoms with E-state index < -0.39 is 0 Å². The van der Waals surface area contributed by atoms with Crippen LogP contribution in [0.25, 0.3) is 10.9 Å². The highest BCUT2D eigenvalue weighted by molar-refractivity contribution is 5.92. The number of nitrogens with zero attached hydrogens (tertiary/aromatic N) is 4. The monoisotopic (exact) mass is 269 g/mol. The van der Waals surface area contributed by atoms with E-state index in [0.29, 0.717) is 24.2 Å². The van der Waals surface area contributed by atoms with E-state index in [-0.39, 0.29) is 11.6 Å². The maximum atomic E-state index is 11.5. The predicted octanol–water partition coefficient (Wildman–Crippen LogP) is 1.39. The second kappa shape index (κ2) is 5.97. The number of rotatable bonds is 4. The average Bonchev–Trinajstić information content (AvgIpc) is 2.47. The molecule has 0 unspecified atom stereocenters. The summed E-state index contributed by atoms with van der Waals surface area (Å²) in [5, 5.41) is 20.9. The maximum absolute atomic E-state index is 11.5. The molecule has 1 aromatic carbocycles. The van der Waals surface area contributed by atoms with Crippen molar-refractivity contribution in [2.75, 3.05) is 26.0 Å². The highest BCUT2D eigenvalue weighted by Gasteiger charge is 2.10. The molecular formula is C14H15N5O. The summed E-state index contributed by atoms with van der Waals surface area (Å²) in [5.41, 5.74) is 1.58. The second-order valence-electron chi connectivity index (χ2n) is 4.52. The summed E-state index contributed by atoms with van der Waals surface area (Å²) >= 11 is 0. The van der Waals surface area contributed by atoms with Gasteiger partial charge in [0.1, 0.15) is 6.07 Å². The van der Waals surface area contributed by atoms with Gasteiger partial charge in [0.15, 0.2) is 5.69 Å². The zero-order valence-corrected chi connectivity index (χ0v) is 11.4. The Bertz CT molecular complexity index is 675. The van der Waals surface area contributed by atoms with E-state index in [4.69, 9.17) is 5.26 Å². The number of benzene rings is 1. The Hall–Kier alpha value is -2.68. The lowest BCUT2D eigenvalue weighted by Gasteiger charge is -2.12. The fourth-order valence-electron chi connectivity index (χ4n) is 1.83. The van der Waals surface area contributed by atoms with Gasteiger partial charge >= 0.3 is 0 Å². The van der Waals surface area contributed by atoms with Crippen molar-refractivity contribution >= 4 is 22.5 Å². The average molecular weight is 269 g/mol. The van der Waals surface area contributed by atoms with Crippen LogP contribution in [0.2, 0.25) is 0 Å². The molecule has 20 heavy (non-hydrogen) atoms. The molecule has 0 aliphatic carbocycles. The van der Waals surface area contributed by atoms with Gasteiger partial charge in [-0.05, 0) is 6.07 Å². The number of anilines is 1. The standard InChI is InChI=1S/C14H15N5O/c1-19(2)13(20)7-8-16-14-10-5-3-4-6-11(10)17-18-12(14)9-15/h3-6H,7-8H2,1-2H3,(H,16,17). The third kappa shape index (κ3) is 2.83. The van der Waals surface area contributed by atoms with Gasteiger partial charge in [-0.3, -0.25) is 4.79 Å². The highest BCUT2D eigenvalue weighted by atomic mass is 16.2. The van der Waals surface area contributed by atoms with E-state index in [1.807, 2.05) is 30.3 Å².